The molecule has 4 heteroatoms. The molecule has 0 fully saturated rings. The second kappa shape index (κ2) is 4.53. The van der Waals surface area contributed by atoms with Gasteiger partial charge in [-0.25, -0.2) is 4.79 Å². The monoisotopic (exact) mass is 216 g/mol. The molecule has 0 unspecified atom stereocenters. The molecular weight excluding hydrogens is 208 g/mol. The van der Waals surface area contributed by atoms with E-state index in [0.29, 0.717) is 22.1 Å². The summed E-state index contributed by atoms with van der Waals surface area (Å²) in [6.07, 6.45) is 0. The predicted molar refractivity (Wildman–Crippen MR) is 54.7 cm³/mol. The Morgan fingerprint density at radius 2 is 2.31 bits per heavy atom. The van der Waals surface area contributed by atoms with E-state index < -0.39 is 5.97 Å². The van der Waals surface area contributed by atoms with Crippen molar-refractivity contribution in [3.63, 3.8) is 0 Å². The Morgan fingerprint density at radius 3 is 2.92 bits per heavy atom. The second-order valence-corrected chi connectivity index (χ2v) is 3.21. The molecule has 0 aliphatic heterocycles. The second-order valence-electron chi connectivity index (χ2n) is 2.36. The van der Waals surface area contributed by atoms with E-state index in [1.807, 2.05) is 0 Å². The lowest BCUT2D eigenvalue weighted by molar-refractivity contribution is 0.0522. The molecule has 2 nitrogen and oxygen atoms in total. The number of esters is 1. The third-order valence-electron chi connectivity index (χ3n) is 1.48. The number of hydrogen-bond donors (Lipinski definition) is 1. The quantitative estimate of drug-likeness (QED) is 0.608. The third kappa shape index (κ3) is 2.39. The van der Waals surface area contributed by atoms with Gasteiger partial charge in [0.05, 0.1) is 17.2 Å². The number of thiol groups is 1. The van der Waals surface area contributed by atoms with Crippen LogP contribution in [-0.2, 0) is 4.74 Å². The number of halogens is 1. The van der Waals surface area contributed by atoms with Crippen LogP contribution in [0.5, 0.6) is 0 Å². The molecule has 0 aliphatic carbocycles. The Labute approximate surface area is 87.3 Å². The van der Waals surface area contributed by atoms with Gasteiger partial charge in [0, 0.05) is 4.90 Å². The molecule has 0 saturated carbocycles. The molecule has 1 rings (SSSR count). The lowest BCUT2D eigenvalue weighted by Gasteiger charge is -2.05. The van der Waals surface area contributed by atoms with Crippen molar-refractivity contribution in [2.75, 3.05) is 6.61 Å². The fraction of sp³-hybridized carbons (Fsp3) is 0.222. The van der Waals surface area contributed by atoms with Gasteiger partial charge < -0.3 is 4.74 Å². The largest absolute Gasteiger partial charge is 0.462 e. The van der Waals surface area contributed by atoms with Gasteiger partial charge >= 0.3 is 5.97 Å². The van der Waals surface area contributed by atoms with Gasteiger partial charge in [0.1, 0.15) is 0 Å². The summed E-state index contributed by atoms with van der Waals surface area (Å²) in [6.45, 7) is 2.10. The van der Waals surface area contributed by atoms with Gasteiger partial charge in [-0.05, 0) is 19.1 Å². The highest BCUT2D eigenvalue weighted by Crippen LogP contribution is 2.24. The van der Waals surface area contributed by atoms with Crippen LogP contribution in [0.4, 0.5) is 0 Å². The Kier molecular flexibility index (Phi) is 3.63. The van der Waals surface area contributed by atoms with Crippen LogP contribution in [0.2, 0.25) is 5.02 Å². The smallest absolute Gasteiger partial charge is 0.339 e. The van der Waals surface area contributed by atoms with Crippen molar-refractivity contribution in [3.05, 3.63) is 28.8 Å². The standard InChI is InChI=1S/C9H9ClO2S/c1-2-12-9(11)6-4-3-5-7(10)8(6)13/h3-5,13H,2H2,1H3. The molecule has 0 amide bonds. The van der Waals surface area contributed by atoms with Gasteiger partial charge in [0.15, 0.2) is 0 Å². The van der Waals surface area contributed by atoms with E-state index >= 15 is 0 Å². The lowest BCUT2D eigenvalue weighted by atomic mass is 10.2. The van der Waals surface area contributed by atoms with E-state index in [0.717, 1.165) is 0 Å². The topological polar surface area (TPSA) is 26.3 Å². The normalized spacial score (nSPS) is 9.77. The highest BCUT2D eigenvalue weighted by molar-refractivity contribution is 7.80. The fourth-order valence-corrected chi connectivity index (χ4v) is 1.30. The molecule has 0 bridgehead atoms. The number of benzene rings is 1. The van der Waals surface area contributed by atoms with Crippen molar-refractivity contribution < 1.29 is 9.53 Å². The summed E-state index contributed by atoms with van der Waals surface area (Å²) in [4.78, 5) is 11.7. The van der Waals surface area contributed by atoms with Crippen LogP contribution < -0.4 is 0 Å². The molecule has 13 heavy (non-hydrogen) atoms. The zero-order valence-electron chi connectivity index (χ0n) is 7.08. The highest BCUT2D eigenvalue weighted by atomic mass is 35.5. The number of ether oxygens (including phenoxy) is 1. The van der Waals surface area contributed by atoms with E-state index in [2.05, 4.69) is 12.6 Å². The van der Waals surface area contributed by atoms with Gasteiger partial charge in [0.2, 0.25) is 0 Å². The lowest BCUT2D eigenvalue weighted by Crippen LogP contribution is -2.05. The Hall–Kier alpha value is -0.670. The summed E-state index contributed by atoms with van der Waals surface area (Å²) < 4.78 is 4.82. The predicted octanol–water partition coefficient (Wildman–Crippen LogP) is 2.81. The molecule has 0 saturated heterocycles. The summed E-state index contributed by atoms with van der Waals surface area (Å²) in [5.41, 5.74) is 0.401. The Morgan fingerprint density at radius 1 is 1.62 bits per heavy atom. The molecule has 0 aromatic heterocycles. The number of carbonyl (C=O) groups is 1. The van der Waals surface area contributed by atoms with E-state index in [9.17, 15) is 4.79 Å². The zero-order valence-corrected chi connectivity index (χ0v) is 8.73. The first-order valence-corrected chi connectivity index (χ1v) is 4.64. The Balaban J connectivity index is 3.01. The van der Waals surface area contributed by atoms with Crippen LogP contribution in [0.1, 0.15) is 17.3 Å². The molecule has 0 spiro atoms. The molecule has 0 radical (unpaired) electrons. The maximum atomic E-state index is 11.3. The van der Waals surface area contributed by atoms with Gasteiger partial charge in [-0.2, -0.15) is 0 Å². The van der Waals surface area contributed by atoms with Crippen LogP contribution in [0, 0.1) is 0 Å². The summed E-state index contributed by atoms with van der Waals surface area (Å²) in [7, 11) is 0. The van der Waals surface area contributed by atoms with E-state index in [1.165, 1.54) is 0 Å². The average molecular weight is 217 g/mol. The van der Waals surface area contributed by atoms with E-state index in [1.54, 1.807) is 25.1 Å². The molecule has 1 aromatic rings. The molecule has 0 heterocycles. The first-order valence-electron chi connectivity index (χ1n) is 3.81. The van der Waals surface area contributed by atoms with Crippen molar-refractivity contribution in [3.8, 4) is 0 Å². The van der Waals surface area contributed by atoms with Gasteiger partial charge in [-0.15, -0.1) is 12.6 Å². The zero-order chi connectivity index (χ0) is 9.84. The summed E-state index contributed by atoms with van der Waals surface area (Å²) in [5, 5.41) is 0.453. The first-order chi connectivity index (χ1) is 6.16. The third-order valence-corrected chi connectivity index (χ3v) is 2.41. The molecule has 0 aliphatic rings. The minimum atomic E-state index is -0.394. The molecule has 0 atom stereocenters. The molecular formula is C9H9ClO2S. The average Bonchev–Trinajstić information content (AvgIpc) is 2.10. The number of rotatable bonds is 2. The summed E-state index contributed by atoms with van der Waals surface area (Å²) in [5.74, 6) is -0.394. The van der Waals surface area contributed by atoms with Crippen LogP contribution in [-0.4, -0.2) is 12.6 Å². The minimum absolute atomic E-state index is 0.346. The van der Waals surface area contributed by atoms with Crippen LogP contribution >= 0.6 is 24.2 Å². The van der Waals surface area contributed by atoms with Crippen molar-refractivity contribution >= 4 is 30.2 Å². The van der Waals surface area contributed by atoms with E-state index in [-0.39, 0.29) is 0 Å². The summed E-state index contributed by atoms with van der Waals surface area (Å²) >= 11 is 9.88. The van der Waals surface area contributed by atoms with Crippen LogP contribution in [0.3, 0.4) is 0 Å². The van der Waals surface area contributed by atoms with Crippen molar-refractivity contribution in [2.45, 2.75) is 11.8 Å². The minimum Gasteiger partial charge on any atom is -0.462 e. The highest BCUT2D eigenvalue weighted by Gasteiger charge is 2.11. The van der Waals surface area contributed by atoms with Crippen LogP contribution in [0.15, 0.2) is 23.1 Å². The Bertz CT molecular complexity index is 325. The maximum Gasteiger partial charge on any atom is 0.339 e. The SMILES string of the molecule is CCOC(=O)c1cccc(Cl)c1S. The van der Waals surface area contributed by atoms with Crippen molar-refractivity contribution in [1.29, 1.82) is 0 Å². The van der Waals surface area contributed by atoms with Crippen LogP contribution in [0.25, 0.3) is 0 Å². The van der Waals surface area contributed by atoms with Gasteiger partial charge in [0.25, 0.3) is 0 Å². The van der Waals surface area contributed by atoms with Gasteiger partial charge in [-0.3, -0.25) is 0 Å². The summed E-state index contributed by atoms with van der Waals surface area (Å²) in [6, 6.07) is 4.99. The van der Waals surface area contributed by atoms with Crippen molar-refractivity contribution in [2.24, 2.45) is 0 Å². The fourth-order valence-electron chi connectivity index (χ4n) is 0.889. The molecule has 70 valence electrons. The maximum absolute atomic E-state index is 11.3. The molecule has 1 aromatic carbocycles. The van der Waals surface area contributed by atoms with Gasteiger partial charge in [-0.1, -0.05) is 17.7 Å². The van der Waals surface area contributed by atoms with E-state index in [4.69, 9.17) is 16.3 Å². The van der Waals surface area contributed by atoms with Crippen molar-refractivity contribution in [1.82, 2.24) is 0 Å². The first kappa shape index (κ1) is 10.4. The number of carbonyl (C=O) groups excluding carboxylic acids is 1. The number of hydrogen-bond acceptors (Lipinski definition) is 3. The molecule has 0 N–H and O–H groups in total.